The summed E-state index contributed by atoms with van der Waals surface area (Å²) in [4.78, 5) is 18.6. The van der Waals surface area contributed by atoms with E-state index in [0.29, 0.717) is 5.69 Å². The van der Waals surface area contributed by atoms with Gasteiger partial charge in [0.1, 0.15) is 5.82 Å². The van der Waals surface area contributed by atoms with Gasteiger partial charge in [-0.2, -0.15) is 0 Å². The molecule has 1 aromatic heterocycles. The number of benzene rings is 1. The van der Waals surface area contributed by atoms with Gasteiger partial charge in [0.2, 0.25) is 0 Å². The number of carbonyl (C=O) groups is 1. The summed E-state index contributed by atoms with van der Waals surface area (Å²) in [6, 6.07) is 9.02. The lowest BCUT2D eigenvalue weighted by Gasteiger charge is -2.20. The van der Waals surface area contributed by atoms with Crippen molar-refractivity contribution in [2.45, 2.75) is 18.9 Å². The maximum Gasteiger partial charge on any atom is 0.319 e. The van der Waals surface area contributed by atoms with Crippen molar-refractivity contribution in [2.75, 3.05) is 29.9 Å². The maximum absolute atomic E-state index is 13.6. The van der Waals surface area contributed by atoms with Gasteiger partial charge in [-0.15, -0.1) is 0 Å². The topological polar surface area (TPSA) is 77.5 Å². The highest BCUT2D eigenvalue weighted by Gasteiger charge is 2.18. The van der Waals surface area contributed by atoms with Crippen LogP contribution in [0.5, 0.6) is 0 Å². The van der Waals surface area contributed by atoms with Crippen LogP contribution in [0.2, 0.25) is 0 Å². The molecule has 1 fully saturated rings. The Balaban J connectivity index is 1.59. The van der Waals surface area contributed by atoms with Crippen LogP contribution >= 0.6 is 0 Å². The van der Waals surface area contributed by atoms with Crippen LogP contribution in [0.4, 0.5) is 20.7 Å². The van der Waals surface area contributed by atoms with E-state index in [4.69, 9.17) is 0 Å². The Kier molecular flexibility index (Phi) is 5.45. The number of hydrogen-bond donors (Lipinski definition) is 3. The lowest BCUT2D eigenvalue weighted by Crippen LogP contribution is -2.33. The lowest BCUT2D eigenvalue weighted by molar-refractivity contribution is 0.170. The lowest BCUT2D eigenvalue weighted by atomic mass is 10.1. The molecule has 0 radical (unpaired) electrons. The smallest absolute Gasteiger partial charge is 0.319 e. The molecule has 1 aliphatic rings. The molecule has 1 atom stereocenters. The number of aliphatic hydroxyl groups excluding tert-OH is 1. The van der Waals surface area contributed by atoms with Gasteiger partial charge in [-0.1, -0.05) is 18.2 Å². The third kappa shape index (κ3) is 4.24. The van der Waals surface area contributed by atoms with Crippen LogP contribution in [-0.2, 0) is 0 Å². The van der Waals surface area contributed by atoms with E-state index >= 15 is 0 Å². The van der Waals surface area contributed by atoms with E-state index in [1.54, 1.807) is 30.5 Å². The Bertz CT molecular complexity index is 735. The van der Waals surface area contributed by atoms with Gasteiger partial charge in [0.05, 0.1) is 11.8 Å². The summed E-state index contributed by atoms with van der Waals surface area (Å²) in [7, 11) is 0. The molecule has 0 spiro atoms. The SMILES string of the molecule is O=C(NCC(O)c1ccccc1F)Nc1cccnc1N1CCCC1. The molecular formula is C18H21FN4O2. The number of nitrogens with one attached hydrogen (secondary N) is 2. The summed E-state index contributed by atoms with van der Waals surface area (Å²) in [6.07, 6.45) is 2.80. The highest BCUT2D eigenvalue weighted by Crippen LogP contribution is 2.26. The van der Waals surface area contributed by atoms with Crippen molar-refractivity contribution < 1.29 is 14.3 Å². The molecule has 0 aliphatic carbocycles. The molecule has 7 heteroatoms. The van der Waals surface area contributed by atoms with Crippen molar-refractivity contribution in [3.63, 3.8) is 0 Å². The number of nitrogens with zero attached hydrogens (tertiary/aromatic N) is 2. The molecule has 2 heterocycles. The monoisotopic (exact) mass is 344 g/mol. The Morgan fingerprint density at radius 2 is 2.00 bits per heavy atom. The summed E-state index contributed by atoms with van der Waals surface area (Å²) in [5.41, 5.74) is 0.768. The quantitative estimate of drug-likeness (QED) is 0.779. The van der Waals surface area contributed by atoms with Crippen LogP contribution in [0, 0.1) is 5.82 Å². The zero-order valence-corrected chi connectivity index (χ0v) is 13.8. The number of rotatable bonds is 5. The fourth-order valence-corrected chi connectivity index (χ4v) is 2.89. The van der Waals surface area contributed by atoms with Crippen molar-refractivity contribution in [3.8, 4) is 0 Å². The van der Waals surface area contributed by atoms with Gasteiger partial charge in [-0.3, -0.25) is 0 Å². The minimum Gasteiger partial charge on any atom is -0.386 e. The molecule has 1 saturated heterocycles. The fourth-order valence-electron chi connectivity index (χ4n) is 2.89. The molecule has 3 N–H and O–H groups in total. The van der Waals surface area contributed by atoms with Crippen molar-refractivity contribution in [2.24, 2.45) is 0 Å². The predicted molar refractivity (Wildman–Crippen MR) is 94.1 cm³/mol. The number of pyridine rings is 1. The van der Waals surface area contributed by atoms with E-state index in [-0.39, 0.29) is 12.1 Å². The number of aliphatic hydroxyl groups is 1. The third-order valence-corrected chi connectivity index (χ3v) is 4.16. The largest absolute Gasteiger partial charge is 0.386 e. The average molecular weight is 344 g/mol. The van der Waals surface area contributed by atoms with Crippen molar-refractivity contribution in [1.82, 2.24) is 10.3 Å². The Morgan fingerprint density at radius 3 is 2.76 bits per heavy atom. The predicted octanol–water partition coefficient (Wildman–Crippen LogP) is 2.68. The fraction of sp³-hybridized carbons (Fsp3) is 0.333. The molecule has 3 rings (SSSR count). The second-order valence-electron chi connectivity index (χ2n) is 5.94. The molecule has 132 valence electrons. The molecule has 1 unspecified atom stereocenters. The molecular weight excluding hydrogens is 323 g/mol. The Labute approximate surface area is 145 Å². The second-order valence-corrected chi connectivity index (χ2v) is 5.94. The summed E-state index contributed by atoms with van der Waals surface area (Å²) in [5, 5.41) is 15.4. The minimum atomic E-state index is -1.11. The first-order valence-electron chi connectivity index (χ1n) is 8.32. The highest BCUT2D eigenvalue weighted by molar-refractivity contribution is 5.92. The normalized spacial score (nSPS) is 15.0. The number of carbonyl (C=O) groups excluding carboxylic acids is 1. The molecule has 1 aromatic carbocycles. The van der Waals surface area contributed by atoms with Gasteiger partial charge in [0.15, 0.2) is 5.82 Å². The molecule has 25 heavy (non-hydrogen) atoms. The number of hydrogen-bond acceptors (Lipinski definition) is 4. The standard InChI is InChI=1S/C18H21FN4O2/c19-14-7-2-1-6-13(14)16(24)12-21-18(25)22-15-8-5-9-20-17(15)23-10-3-4-11-23/h1-2,5-9,16,24H,3-4,10-12H2,(H2,21,22,25). The van der Waals surface area contributed by atoms with E-state index in [1.807, 2.05) is 0 Å². The third-order valence-electron chi connectivity index (χ3n) is 4.16. The van der Waals surface area contributed by atoms with Crippen LogP contribution in [0.3, 0.4) is 0 Å². The van der Waals surface area contributed by atoms with Crippen LogP contribution in [0.25, 0.3) is 0 Å². The Hall–Kier alpha value is -2.67. The Morgan fingerprint density at radius 1 is 1.24 bits per heavy atom. The van der Waals surface area contributed by atoms with E-state index in [0.717, 1.165) is 31.7 Å². The van der Waals surface area contributed by atoms with Gasteiger partial charge in [-0.05, 0) is 31.0 Å². The van der Waals surface area contributed by atoms with E-state index in [2.05, 4.69) is 20.5 Å². The highest BCUT2D eigenvalue weighted by atomic mass is 19.1. The first kappa shape index (κ1) is 17.2. The van der Waals surface area contributed by atoms with E-state index in [1.165, 1.54) is 12.1 Å². The average Bonchev–Trinajstić information content (AvgIpc) is 3.15. The number of amides is 2. The van der Waals surface area contributed by atoms with Crippen molar-refractivity contribution >= 4 is 17.5 Å². The van der Waals surface area contributed by atoms with Crippen molar-refractivity contribution in [1.29, 1.82) is 0 Å². The zero-order valence-electron chi connectivity index (χ0n) is 13.8. The molecule has 1 aliphatic heterocycles. The first-order valence-corrected chi connectivity index (χ1v) is 8.32. The summed E-state index contributed by atoms with van der Waals surface area (Å²) in [5.74, 6) is 0.241. The molecule has 2 aromatic rings. The number of anilines is 2. The minimum absolute atomic E-state index is 0.0912. The van der Waals surface area contributed by atoms with Gasteiger partial charge in [0.25, 0.3) is 0 Å². The second kappa shape index (κ2) is 7.94. The number of halogens is 1. The summed E-state index contributed by atoms with van der Waals surface area (Å²) < 4.78 is 13.6. The van der Waals surface area contributed by atoms with E-state index < -0.39 is 18.0 Å². The summed E-state index contributed by atoms with van der Waals surface area (Å²) in [6.45, 7) is 1.74. The molecule has 0 saturated carbocycles. The summed E-state index contributed by atoms with van der Waals surface area (Å²) >= 11 is 0. The first-order chi connectivity index (χ1) is 12.1. The van der Waals surface area contributed by atoms with Crippen LogP contribution in [-0.4, -0.2) is 35.8 Å². The molecule has 2 amide bonds. The van der Waals surface area contributed by atoms with E-state index in [9.17, 15) is 14.3 Å². The molecule has 6 nitrogen and oxygen atoms in total. The van der Waals surface area contributed by atoms with Crippen LogP contribution in [0.1, 0.15) is 24.5 Å². The maximum atomic E-state index is 13.6. The van der Waals surface area contributed by atoms with Crippen LogP contribution in [0.15, 0.2) is 42.6 Å². The van der Waals surface area contributed by atoms with Gasteiger partial charge < -0.3 is 20.6 Å². The number of urea groups is 1. The number of aromatic nitrogens is 1. The zero-order chi connectivity index (χ0) is 17.6. The van der Waals surface area contributed by atoms with Gasteiger partial charge >= 0.3 is 6.03 Å². The van der Waals surface area contributed by atoms with Gasteiger partial charge in [0, 0.05) is 31.4 Å². The van der Waals surface area contributed by atoms with Crippen molar-refractivity contribution in [3.05, 3.63) is 54.0 Å². The molecule has 0 bridgehead atoms. The van der Waals surface area contributed by atoms with Crippen LogP contribution < -0.4 is 15.5 Å². The van der Waals surface area contributed by atoms with Gasteiger partial charge in [-0.25, -0.2) is 14.2 Å².